The van der Waals surface area contributed by atoms with Gasteiger partial charge in [0.25, 0.3) is 5.91 Å². The summed E-state index contributed by atoms with van der Waals surface area (Å²) in [5, 5.41) is 6.35. The maximum Gasteiger partial charge on any atom is 0.257 e. The van der Waals surface area contributed by atoms with Crippen molar-refractivity contribution in [1.82, 2.24) is 4.98 Å². The highest BCUT2D eigenvalue weighted by molar-refractivity contribution is 9.10. The lowest BCUT2D eigenvalue weighted by Gasteiger charge is -2.20. The fourth-order valence-electron chi connectivity index (χ4n) is 3.43. The Morgan fingerprint density at radius 3 is 2.70 bits per heavy atom. The van der Waals surface area contributed by atoms with Gasteiger partial charge in [-0.25, -0.2) is 4.98 Å². The molecule has 0 saturated heterocycles. The van der Waals surface area contributed by atoms with E-state index < -0.39 is 0 Å². The van der Waals surface area contributed by atoms with Gasteiger partial charge < -0.3 is 10.1 Å². The van der Waals surface area contributed by atoms with Gasteiger partial charge in [0.1, 0.15) is 5.75 Å². The van der Waals surface area contributed by atoms with Crippen LogP contribution in [0.25, 0.3) is 0 Å². The molecule has 1 aliphatic rings. The van der Waals surface area contributed by atoms with Gasteiger partial charge >= 0.3 is 0 Å². The second-order valence-corrected chi connectivity index (χ2v) is 8.95. The summed E-state index contributed by atoms with van der Waals surface area (Å²) in [6.07, 6.45) is 2.52. The molecule has 2 N–H and O–H groups in total. The van der Waals surface area contributed by atoms with E-state index >= 15 is 0 Å². The van der Waals surface area contributed by atoms with Crippen LogP contribution in [0.2, 0.25) is 0 Å². The molecule has 1 unspecified atom stereocenters. The molecule has 2 aromatic carbocycles. The number of amides is 2. The van der Waals surface area contributed by atoms with E-state index in [9.17, 15) is 9.59 Å². The largest absolute Gasteiger partial charge is 0.497 e. The Balaban J connectivity index is 1.49. The molecule has 1 aliphatic carbocycles. The Bertz CT molecular complexity index is 1080. The lowest BCUT2D eigenvalue weighted by atomic mass is 9.90. The molecule has 0 bridgehead atoms. The molecular weight excluding hydrogens is 466 g/mol. The summed E-state index contributed by atoms with van der Waals surface area (Å²) in [4.78, 5) is 31.1. The smallest absolute Gasteiger partial charge is 0.257 e. The number of aryl methyl sites for hydroxylation is 1. The van der Waals surface area contributed by atoms with Gasteiger partial charge in [-0.3, -0.25) is 14.9 Å². The van der Waals surface area contributed by atoms with Crippen LogP contribution in [-0.4, -0.2) is 23.9 Å². The second-order valence-electron chi connectivity index (χ2n) is 6.95. The first-order chi connectivity index (χ1) is 14.5. The number of ether oxygens (including phenoxy) is 1. The van der Waals surface area contributed by atoms with E-state index in [1.54, 1.807) is 31.4 Å². The number of fused-ring (bicyclic) bond motifs is 1. The van der Waals surface area contributed by atoms with Crippen molar-refractivity contribution >= 4 is 49.9 Å². The highest BCUT2D eigenvalue weighted by Crippen LogP contribution is 2.37. The summed E-state index contributed by atoms with van der Waals surface area (Å²) in [7, 11) is 1.58. The van der Waals surface area contributed by atoms with Crippen LogP contribution in [0.3, 0.4) is 0 Å². The molecule has 30 heavy (non-hydrogen) atoms. The van der Waals surface area contributed by atoms with Crippen LogP contribution in [0.5, 0.6) is 5.75 Å². The molecule has 8 heteroatoms. The minimum atomic E-state index is -0.323. The number of benzene rings is 2. The summed E-state index contributed by atoms with van der Waals surface area (Å²) >= 11 is 4.86. The third kappa shape index (κ3) is 4.55. The molecule has 4 rings (SSSR count). The van der Waals surface area contributed by atoms with Gasteiger partial charge in [-0.05, 0) is 61.7 Å². The topological polar surface area (TPSA) is 80.3 Å². The summed E-state index contributed by atoms with van der Waals surface area (Å²) in [6, 6.07) is 14.4. The van der Waals surface area contributed by atoms with Crippen molar-refractivity contribution in [2.45, 2.75) is 25.2 Å². The van der Waals surface area contributed by atoms with Crippen LogP contribution in [0.4, 0.5) is 10.8 Å². The summed E-state index contributed by atoms with van der Waals surface area (Å²) in [5.74, 6) is 0.0532. The lowest BCUT2D eigenvalue weighted by molar-refractivity contribution is -0.117. The second kappa shape index (κ2) is 8.97. The SMILES string of the molecule is COc1ccc(C(=O)Nc2nc3c(s2)CCCC3C(=O)Nc2cccc(Br)c2)cc1. The molecular formula is C22H20BrN3O3S. The molecule has 0 spiro atoms. The number of methoxy groups -OCH3 is 1. The number of hydrogen-bond donors (Lipinski definition) is 2. The number of carbonyl (C=O) groups is 2. The Morgan fingerprint density at radius 2 is 1.97 bits per heavy atom. The minimum Gasteiger partial charge on any atom is -0.497 e. The van der Waals surface area contributed by atoms with Crippen LogP contribution in [0.1, 0.15) is 39.7 Å². The van der Waals surface area contributed by atoms with Gasteiger partial charge in [-0.1, -0.05) is 22.0 Å². The van der Waals surface area contributed by atoms with Gasteiger partial charge in [0.2, 0.25) is 5.91 Å². The Labute approximate surface area is 186 Å². The van der Waals surface area contributed by atoms with Gasteiger partial charge in [-0.2, -0.15) is 0 Å². The van der Waals surface area contributed by atoms with E-state index in [1.807, 2.05) is 24.3 Å². The summed E-state index contributed by atoms with van der Waals surface area (Å²) < 4.78 is 6.03. The van der Waals surface area contributed by atoms with Gasteiger partial charge in [0.15, 0.2) is 5.13 Å². The van der Waals surface area contributed by atoms with Crippen LogP contribution >= 0.6 is 27.3 Å². The van der Waals surface area contributed by atoms with Crippen molar-refractivity contribution in [1.29, 1.82) is 0 Å². The third-order valence-electron chi connectivity index (χ3n) is 4.94. The van der Waals surface area contributed by atoms with Gasteiger partial charge in [0, 0.05) is 20.6 Å². The number of carbonyl (C=O) groups excluding carboxylic acids is 2. The molecule has 1 atom stereocenters. The maximum absolute atomic E-state index is 12.9. The number of nitrogens with zero attached hydrogens (tertiary/aromatic N) is 1. The highest BCUT2D eigenvalue weighted by Gasteiger charge is 2.30. The zero-order chi connectivity index (χ0) is 21.1. The predicted octanol–water partition coefficient (Wildman–Crippen LogP) is 5.23. The number of aromatic nitrogens is 1. The zero-order valence-electron chi connectivity index (χ0n) is 16.3. The van der Waals surface area contributed by atoms with E-state index in [-0.39, 0.29) is 17.7 Å². The molecule has 1 aromatic heterocycles. The van der Waals surface area contributed by atoms with Crippen molar-refractivity contribution in [3.8, 4) is 5.75 Å². The first-order valence-corrected chi connectivity index (χ1v) is 11.2. The van der Waals surface area contributed by atoms with E-state index in [4.69, 9.17) is 4.74 Å². The number of hydrogen-bond acceptors (Lipinski definition) is 5. The maximum atomic E-state index is 12.9. The number of halogens is 1. The standard InChI is InChI=1S/C22H20BrN3O3S/c1-29-16-10-8-13(9-11-16)20(27)26-22-25-19-17(6-3-7-18(19)30-22)21(28)24-15-5-2-4-14(23)12-15/h2,4-5,8-12,17H,3,6-7H2,1H3,(H,24,28)(H,25,26,27). The third-order valence-corrected chi connectivity index (χ3v) is 6.48. The quantitative estimate of drug-likeness (QED) is 0.518. The van der Waals surface area contributed by atoms with Crippen LogP contribution < -0.4 is 15.4 Å². The summed E-state index contributed by atoms with van der Waals surface area (Å²) in [6.45, 7) is 0. The Hall–Kier alpha value is -2.71. The molecule has 6 nitrogen and oxygen atoms in total. The molecule has 1 heterocycles. The van der Waals surface area contributed by atoms with Crippen LogP contribution in [0.15, 0.2) is 53.0 Å². The minimum absolute atomic E-state index is 0.0765. The summed E-state index contributed by atoms with van der Waals surface area (Å²) in [5.41, 5.74) is 2.03. The van der Waals surface area contributed by atoms with Crippen molar-refractivity contribution in [3.63, 3.8) is 0 Å². The van der Waals surface area contributed by atoms with Crippen molar-refractivity contribution in [2.24, 2.45) is 0 Å². The number of anilines is 2. The zero-order valence-corrected chi connectivity index (χ0v) is 18.7. The molecule has 154 valence electrons. The van der Waals surface area contributed by atoms with Crippen molar-refractivity contribution in [3.05, 3.63) is 69.1 Å². The number of thiazole rings is 1. The normalized spacial score (nSPS) is 15.2. The first kappa shape index (κ1) is 20.6. The molecule has 2 amide bonds. The molecule has 0 fully saturated rings. The number of nitrogens with one attached hydrogen (secondary N) is 2. The fourth-order valence-corrected chi connectivity index (χ4v) is 4.89. The van der Waals surface area contributed by atoms with Crippen molar-refractivity contribution < 1.29 is 14.3 Å². The predicted molar refractivity (Wildman–Crippen MR) is 122 cm³/mol. The average Bonchev–Trinajstić information content (AvgIpc) is 3.16. The van der Waals surface area contributed by atoms with E-state index in [1.165, 1.54) is 11.3 Å². The monoisotopic (exact) mass is 485 g/mol. The molecule has 0 aliphatic heterocycles. The first-order valence-electron chi connectivity index (χ1n) is 9.55. The highest BCUT2D eigenvalue weighted by atomic mass is 79.9. The Kier molecular flexibility index (Phi) is 6.15. The number of rotatable bonds is 5. The van der Waals surface area contributed by atoms with Gasteiger partial charge in [-0.15, -0.1) is 11.3 Å². The van der Waals surface area contributed by atoms with E-state index in [2.05, 4.69) is 31.5 Å². The lowest BCUT2D eigenvalue weighted by Crippen LogP contribution is -2.24. The van der Waals surface area contributed by atoms with E-state index in [0.29, 0.717) is 16.4 Å². The molecule has 0 radical (unpaired) electrons. The van der Waals surface area contributed by atoms with E-state index in [0.717, 1.165) is 40.0 Å². The molecule has 3 aromatic rings. The molecule has 0 saturated carbocycles. The van der Waals surface area contributed by atoms with Crippen LogP contribution in [-0.2, 0) is 11.2 Å². The fraction of sp³-hybridized carbons (Fsp3) is 0.227. The average molecular weight is 486 g/mol. The van der Waals surface area contributed by atoms with Crippen LogP contribution in [0, 0.1) is 0 Å². The van der Waals surface area contributed by atoms with Crippen molar-refractivity contribution in [2.75, 3.05) is 17.7 Å². The van der Waals surface area contributed by atoms with Gasteiger partial charge in [0.05, 0.1) is 18.7 Å². The Morgan fingerprint density at radius 1 is 1.17 bits per heavy atom.